The van der Waals surface area contributed by atoms with E-state index >= 15 is 0 Å². The summed E-state index contributed by atoms with van der Waals surface area (Å²) in [6.07, 6.45) is 3.97. The zero-order valence-electron chi connectivity index (χ0n) is 9.96. The summed E-state index contributed by atoms with van der Waals surface area (Å²) in [5, 5.41) is 4.04. The van der Waals surface area contributed by atoms with E-state index < -0.39 is 0 Å². The SMILES string of the molecule is CNCc1c(Cl)cccc1N(C)C1CCC1. The smallest absolute Gasteiger partial charge is 0.0471 e. The molecule has 1 aliphatic rings. The lowest BCUT2D eigenvalue weighted by molar-refractivity contribution is 0.400. The Hall–Kier alpha value is -0.730. The van der Waals surface area contributed by atoms with Crippen molar-refractivity contribution in [1.29, 1.82) is 0 Å². The quantitative estimate of drug-likeness (QED) is 0.868. The second kappa shape index (κ2) is 5.07. The van der Waals surface area contributed by atoms with Crippen LogP contribution in [0.25, 0.3) is 0 Å². The standard InChI is InChI=1S/C13H19ClN2/c1-15-9-11-12(14)7-4-8-13(11)16(2)10-5-3-6-10/h4,7-8,10,15H,3,5-6,9H2,1-2H3. The van der Waals surface area contributed by atoms with Crippen LogP contribution in [0.2, 0.25) is 5.02 Å². The van der Waals surface area contributed by atoms with Crippen LogP contribution in [0.5, 0.6) is 0 Å². The van der Waals surface area contributed by atoms with Crippen LogP contribution in [0.1, 0.15) is 24.8 Å². The van der Waals surface area contributed by atoms with Gasteiger partial charge in [-0.25, -0.2) is 0 Å². The summed E-state index contributed by atoms with van der Waals surface area (Å²) in [6, 6.07) is 6.86. The van der Waals surface area contributed by atoms with Gasteiger partial charge in [0.25, 0.3) is 0 Å². The Labute approximate surface area is 103 Å². The lowest BCUT2D eigenvalue weighted by Gasteiger charge is -2.37. The number of rotatable bonds is 4. The molecule has 16 heavy (non-hydrogen) atoms. The molecule has 1 saturated carbocycles. The first-order valence-electron chi connectivity index (χ1n) is 5.89. The van der Waals surface area contributed by atoms with Crippen LogP contribution >= 0.6 is 11.6 Å². The van der Waals surface area contributed by atoms with Gasteiger partial charge >= 0.3 is 0 Å². The fraction of sp³-hybridized carbons (Fsp3) is 0.538. The first-order chi connectivity index (χ1) is 7.74. The molecule has 0 bridgehead atoms. The van der Waals surface area contributed by atoms with E-state index in [1.165, 1.54) is 30.5 Å². The molecule has 0 saturated heterocycles. The van der Waals surface area contributed by atoms with Crippen molar-refractivity contribution in [2.75, 3.05) is 19.0 Å². The van der Waals surface area contributed by atoms with Crippen molar-refractivity contribution >= 4 is 17.3 Å². The molecule has 2 nitrogen and oxygen atoms in total. The molecule has 88 valence electrons. The average molecular weight is 239 g/mol. The van der Waals surface area contributed by atoms with E-state index in [0.717, 1.165) is 11.6 Å². The molecule has 2 rings (SSSR count). The number of hydrogen-bond donors (Lipinski definition) is 1. The molecule has 1 N–H and O–H groups in total. The van der Waals surface area contributed by atoms with Gasteiger partial charge in [-0.15, -0.1) is 0 Å². The predicted octanol–water partition coefficient (Wildman–Crippen LogP) is 3.05. The van der Waals surface area contributed by atoms with Crippen LogP contribution in [0.15, 0.2) is 18.2 Å². The van der Waals surface area contributed by atoms with Crippen LogP contribution in [-0.4, -0.2) is 20.1 Å². The number of benzene rings is 1. The van der Waals surface area contributed by atoms with Gasteiger partial charge in [0.05, 0.1) is 0 Å². The van der Waals surface area contributed by atoms with Crippen LogP contribution in [0.3, 0.4) is 0 Å². The molecule has 1 aromatic rings. The van der Waals surface area contributed by atoms with Gasteiger partial charge in [-0.1, -0.05) is 17.7 Å². The Morgan fingerprint density at radius 2 is 2.19 bits per heavy atom. The van der Waals surface area contributed by atoms with E-state index in [2.05, 4.69) is 23.3 Å². The van der Waals surface area contributed by atoms with Gasteiger partial charge in [-0.05, 0) is 38.4 Å². The van der Waals surface area contributed by atoms with Crippen molar-refractivity contribution in [3.8, 4) is 0 Å². The van der Waals surface area contributed by atoms with Gasteiger partial charge in [0, 0.05) is 35.9 Å². The maximum atomic E-state index is 6.25. The number of nitrogens with one attached hydrogen (secondary N) is 1. The first kappa shape index (κ1) is 11.7. The highest BCUT2D eigenvalue weighted by Crippen LogP contribution is 2.33. The molecule has 1 aliphatic carbocycles. The second-order valence-corrected chi connectivity index (χ2v) is 4.87. The molecule has 0 amide bonds. The van der Waals surface area contributed by atoms with E-state index in [4.69, 9.17) is 11.6 Å². The van der Waals surface area contributed by atoms with E-state index in [0.29, 0.717) is 6.04 Å². The largest absolute Gasteiger partial charge is 0.371 e. The highest BCUT2D eigenvalue weighted by molar-refractivity contribution is 6.31. The molecule has 0 atom stereocenters. The van der Waals surface area contributed by atoms with Gasteiger partial charge in [0.1, 0.15) is 0 Å². The van der Waals surface area contributed by atoms with Crippen molar-refractivity contribution in [2.45, 2.75) is 31.8 Å². The zero-order chi connectivity index (χ0) is 11.5. The van der Waals surface area contributed by atoms with Crippen molar-refractivity contribution in [1.82, 2.24) is 5.32 Å². The molecule has 0 spiro atoms. The maximum absolute atomic E-state index is 6.25. The lowest BCUT2D eigenvalue weighted by atomic mass is 9.91. The van der Waals surface area contributed by atoms with E-state index in [1.54, 1.807) is 0 Å². The van der Waals surface area contributed by atoms with E-state index in [-0.39, 0.29) is 0 Å². The van der Waals surface area contributed by atoms with Crippen LogP contribution in [-0.2, 0) is 6.54 Å². The van der Waals surface area contributed by atoms with E-state index in [1.807, 2.05) is 19.2 Å². The molecule has 1 fully saturated rings. The van der Waals surface area contributed by atoms with Crippen molar-refractivity contribution in [3.05, 3.63) is 28.8 Å². The van der Waals surface area contributed by atoms with Crippen LogP contribution < -0.4 is 10.2 Å². The van der Waals surface area contributed by atoms with E-state index in [9.17, 15) is 0 Å². The minimum Gasteiger partial charge on any atom is -0.371 e. The molecule has 0 aromatic heterocycles. The van der Waals surface area contributed by atoms with Gasteiger partial charge in [-0.2, -0.15) is 0 Å². The van der Waals surface area contributed by atoms with Crippen LogP contribution in [0.4, 0.5) is 5.69 Å². The number of anilines is 1. The lowest BCUT2D eigenvalue weighted by Crippen LogP contribution is -2.37. The molecule has 0 unspecified atom stereocenters. The van der Waals surface area contributed by atoms with Crippen LogP contribution in [0, 0.1) is 0 Å². The number of nitrogens with zero attached hydrogens (tertiary/aromatic N) is 1. The Bertz CT molecular complexity index is 361. The molecule has 1 aromatic carbocycles. The van der Waals surface area contributed by atoms with Gasteiger partial charge in [0.15, 0.2) is 0 Å². The average Bonchev–Trinajstić information content (AvgIpc) is 2.18. The van der Waals surface area contributed by atoms with Gasteiger partial charge in [-0.3, -0.25) is 0 Å². The van der Waals surface area contributed by atoms with Crippen molar-refractivity contribution < 1.29 is 0 Å². The predicted molar refractivity (Wildman–Crippen MR) is 70.3 cm³/mol. The number of halogens is 1. The summed E-state index contributed by atoms with van der Waals surface area (Å²) < 4.78 is 0. The third-order valence-electron chi connectivity index (χ3n) is 3.45. The molecular weight excluding hydrogens is 220 g/mol. The summed E-state index contributed by atoms with van der Waals surface area (Å²) in [7, 11) is 4.13. The normalized spacial score (nSPS) is 15.9. The summed E-state index contributed by atoms with van der Waals surface area (Å²) >= 11 is 6.25. The monoisotopic (exact) mass is 238 g/mol. The summed E-state index contributed by atoms with van der Waals surface area (Å²) in [5.74, 6) is 0. The van der Waals surface area contributed by atoms with Crippen molar-refractivity contribution in [2.24, 2.45) is 0 Å². The minimum atomic E-state index is 0.703. The third-order valence-corrected chi connectivity index (χ3v) is 3.80. The summed E-state index contributed by atoms with van der Waals surface area (Å²) in [4.78, 5) is 2.38. The molecular formula is C13H19ClN2. The fourth-order valence-electron chi connectivity index (χ4n) is 2.20. The highest BCUT2D eigenvalue weighted by Gasteiger charge is 2.24. The molecule has 0 aliphatic heterocycles. The topological polar surface area (TPSA) is 15.3 Å². The second-order valence-electron chi connectivity index (χ2n) is 4.46. The third kappa shape index (κ3) is 2.18. The summed E-state index contributed by atoms with van der Waals surface area (Å²) in [6.45, 7) is 0.825. The fourth-order valence-corrected chi connectivity index (χ4v) is 2.44. The first-order valence-corrected chi connectivity index (χ1v) is 6.26. The molecule has 0 radical (unpaired) electrons. The Morgan fingerprint density at radius 1 is 1.44 bits per heavy atom. The Balaban J connectivity index is 2.27. The maximum Gasteiger partial charge on any atom is 0.0471 e. The highest BCUT2D eigenvalue weighted by atomic mass is 35.5. The van der Waals surface area contributed by atoms with Gasteiger partial charge in [0.2, 0.25) is 0 Å². The van der Waals surface area contributed by atoms with Gasteiger partial charge < -0.3 is 10.2 Å². The van der Waals surface area contributed by atoms with Crippen molar-refractivity contribution in [3.63, 3.8) is 0 Å². The number of hydrogen-bond acceptors (Lipinski definition) is 2. The molecule has 0 heterocycles. The minimum absolute atomic E-state index is 0.703. The zero-order valence-corrected chi connectivity index (χ0v) is 10.7. The summed E-state index contributed by atoms with van der Waals surface area (Å²) in [5.41, 5.74) is 2.48. The Kier molecular flexibility index (Phi) is 3.72. The Morgan fingerprint density at radius 3 is 2.75 bits per heavy atom. The molecule has 3 heteroatoms.